The van der Waals surface area contributed by atoms with E-state index in [2.05, 4.69) is 20.6 Å². The van der Waals surface area contributed by atoms with Crippen LogP contribution in [0.5, 0.6) is 0 Å². The van der Waals surface area contributed by atoms with Crippen molar-refractivity contribution in [1.29, 1.82) is 0 Å². The number of carbonyl (C=O) groups excluding carboxylic acids is 2. The fraction of sp³-hybridized carbons (Fsp3) is 0. The number of carbonyl (C=O) groups is 2. The van der Waals surface area contributed by atoms with Crippen molar-refractivity contribution in [3.8, 4) is 0 Å². The Morgan fingerprint density at radius 3 is 1.68 bits per heavy atom. The van der Waals surface area contributed by atoms with Gasteiger partial charge in [0.1, 0.15) is 15.9 Å². The molecule has 0 bridgehead atoms. The zero-order valence-electron chi connectivity index (χ0n) is 19.0. The molecule has 0 aliphatic heterocycles. The Morgan fingerprint density at radius 2 is 1.21 bits per heavy atom. The van der Waals surface area contributed by atoms with Crippen LogP contribution in [0.3, 0.4) is 0 Å². The van der Waals surface area contributed by atoms with Gasteiger partial charge in [-0.05, 0) is 30.3 Å². The molecule has 0 atom stereocenters. The van der Waals surface area contributed by atoms with E-state index < -0.39 is 10.8 Å². The Hall–Kier alpha value is -3.96. The first-order valence-corrected chi connectivity index (χ1v) is 11.9. The summed E-state index contributed by atoms with van der Waals surface area (Å²) in [6.45, 7) is 0. The summed E-state index contributed by atoms with van der Waals surface area (Å²) in [7, 11) is 0. The summed E-state index contributed by atoms with van der Waals surface area (Å²) in [5.41, 5.74) is 6.73. The Labute approximate surface area is 235 Å². The summed E-state index contributed by atoms with van der Waals surface area (Å²) in [5, 5.41) is 16.9. The van der Waals surface area contributed by atoms with Crippen LogP contribution in [-0.2, 0) is 0 Å². The monoisotopic (exact) mass is 592 g/mol. The van der Waals surface area contributed by atoms with Crippen LogP contribution in [0.4, 0.5) is 22.7 Å². The summed E-state index contributed by atoms with van der Waals surface area (Å²) in [6, 6.07) is 15.2. The molecule has 0 spiro atoms. The van der Waals surface area contributed by atoms with Gasteiger partial charge in [-0.1, -0.05) is 70.7 Å². The van der Waals surface area contributed by atoms with E-state index in [-0.39, 0.29) is 38.2 Å². The fourth-order valence-corrected chi connectivity index (χ4v) is 3.73. The Kier molecular flexibility index (Phi) is 9.80. The zero-order valence-corrected chi connectivity index (χ0v) is 22.0. The number of halogens is 4. The van der Waals surface area contributed by atoms with Crippen LogP contribution < -0.4 is 16.4 Å². The predicted octanol–water partition coefficient (Wildman–Crippen LogP) is 6.77. The van der Waals surface area contributed by atoms with Crippen molar-refractivity contribution < 1.29 is 14.5 Å². The number of para-hydroxylation sites is 2. The molecule has 2 amide bonds. The van der Waals surface area contributed by atoms with Gasteiger partial charge in [0.15, 0.2) is 0 Å². The molecular weight excluding hydrogens is 578 g/mol. The molecule has 0 saturated heterocycles. The first kappa shape index (κ1) is 28.6. The summed E-state index contributed by atoms with van der Waals surface area (Å²) in [4.78, 5) is 41.9. The van der Waals surface area contributed by atoms with Crippen molar-refractivity contribution in [2.45, 2.75) is 0 Å². The van der Waals surface area contributed by atoms with Crippen LogP contribution >= 0.6 is 46.4 Å². The molecule has 4 N–H and O–H groups in total. The van der Waals surface area contributed by atoms with Gasteiger partial charge in [0.25, 0.3) is 17.5 Å². The van der Waals surface area contributed by atoms with Gasteiger partial charge in [-0.3, -0.25) is 19.7 Å². The van der Waals surface area contributed by atoms with Crippen LogP contribution in [0.1, 0.15) is 20.7 Å². The van der Waals surface area contributed by atoms with Crippen LogP contribution in [-0.4, -0.2) is 26.7 Å². The maximum Gasteiger partial charge on any atom is 0.282 e. The molecule has 0 fully saturated rings. The lowest BCUT2D eigenvalue weighted by molar-refractivity contribution is -0.385. The number of anilines is 3. The number of hydrogen-bond acceptors (Lipinski definition) is 7. The third-order valence-corrected chi connectivity index (χ3v) is 5.73. The summed E-state index contributed by atoms with van der Waals surface area (Å²) >= 11 is 23.1. The van der Waals surface area contributed by atoms with Gasteiger partial charge < -0.3 is 16.4 Å². The van der Waals surface area contributed by atoms with Gasteiger partial charge >= 0.3 is 0 Å². The van der Waals surface area contributed by atoms with Crippen LogP contribution in [0.15, 0.2) is 73.1 Å². The molecule has 0 aliphatic rings. The first-order chi connectivity index (χ1) is 18.1. The number of hydrogen-bond donors (Lipinski definition) is 3. The highest BCUT2D eigenvalue weighted by Crippen LogP contribution is 2.26. The quantitative estimate of drug-likeness (QED) is 0.0998. The normalized spacial score (nSPS) is 10.1. The number of rotatable bonds is 5. The van der Waals surface area contributed by atoms with E-state index in [9.17, 15) is 19.7 Å². The average molecular weight is 594 g/mol. The molecule has 14 heteroatoms. The smallest absolute Gasteiger partial charge is 0.282 e. The largest absolute Gasteiger partial charge is 0.398 e. The van der Waals surface area contributed by atoms with Crippen molar-refractivity contribution in [3.05, 3.63) is 115 Å². The first-order valence-electron chi connectivity index (χ1n) is 10.4. The van der Waals surface area contributed by atoms with Gasteiger partial charge in [0.2, 0.25) is 0 Å². The molecule has 4 aromatic rings. The standard InChI is InChI=1S/C12H7Cl2N3O3.C12H9Cl2N3O/c13-8-5-11(14)15-6-9(8)16-12(18)7-3-1-2-4-10(7)17(19)20;13-8-5-11(14)16-6-10(8)17-12(18)7-3-1-2-4-9(7)15/h1-6H,(H,16,18);1-6H,15H2,(H,17,18). The number of nitrogens with two attached hydrogens (primary N) is 1. The van der Waals surface area contributed by atoms with Gasteiger partial charge in [0, 0.05) is 11.8 Å². The number of nitro benzene ring substituents is 1. The number of nitrogens with one attached hydrogen (secondary N) is 2. The van der Waals surface area contributed by atoms with E-state index in [4.69, 9.17) is 52.1 Å². The minimum atomic E-state index is -0.650. The van der Waals surface area contributed by atoms with E-state index in [1.807, 2.05) is 0 Å². The molecule has 38 heavy (non-hydrogen) atoms. The summed E-state index contributed by atoms with van der Waals surface area (Å²) in [5.74, 6) is -0.998. The molecule has 0 radical (unpaired) electrons. The second kappa shape index (κ2) is 13.0. The number of aromatic nitrogens is 2. The Balaban J connectivity index is 0.000000212. The van der Waals surface area contributed by atoms with Crippen molar-refractivity contribution >= 4 is 81.0 Å². The second-order valence-corrected chi connectivity index (χ2v) is 8.83. The SMILES string of the molecule is Nc1ccccc1C(=O)Nc1cnc(Cl)cc1Cl.O=C(Nc1cnc(Cl)cc1Cl)c1ccccc1[N+](=O)[O-]. The lowest BCUT2D eigenvalue weighted by atomic mass is 10.1. The van der Waals surface area contributed by atoms with Crippen molar-refractivity contribution in [2.75, 3.05) is 16.4 Å². The number of nitrogen functional groups attached to an aromatic ring is 1. The highest BCUT2D eigenvalue weighted by molar-refractivity contribution is 6.37. The lowest BCUT2D eigenvalue weighted by Gasteiger charge is -2.08. The van der Waals surface area contributed by atoms with Gasteiger partial charge in [-0.2, -0.15) is 0 Å². The molecule has 10 nitrogen and oxygen atoms in total. The highest BCUT2D eigenvalue weighted by atomic mass is 35.5. The minimum Gasteiger partial charge on any atom is -0.398 e. The summed E-state index contributed by atoms with van der Waals surface area (Å²) in [6.07, 6.45) is 2.67. The number of amides is 2. The molecule has 0 saturated carbocycles. The van der Waals surface area contributed by atoms with E-state index in [0.29, 0.717) is 22.0 Å². The van der Waals surface area contributed by atoms with E-state index in [1.54, 1.807) is 24.3 Å². The van der Waals surface area contributed by atoms with Gasteiger partial charge in [0.05, 0.1) is 44.3 Å². The molecular formula is C24H16Cl4N6O4. The zero-order chi connectivity index (χ0) is 27.8. The van der Waals surface area contributed by atoms with E-state index in [0.717, 1.165) is 0 Å². The number of nitro groups is 1. The molecule has 2 aromatic carbocycles. The topological polar surface area (TPSA) is 153 Å². The number of pyridine rings is 2. The van der Waals surface area contributed by atoms with Crippen molar-refractivity contribution in [3.63, 3.8) is 0 Å². The summed E-state index contributed by atoms with van der Waals surface area (Å²) < 4.78 is 0. The number of benzene rings is 2. The van der Waals surface area contributed by atoms with E-state index >= 15 is 0 Å². The van der Waals surface area contributed by atoms with Crippen LogP contribution in [0, 0.1) is 10.1 Å². The molecule has 194 valence electrons. The minimum absolute atomic E-state index is 0.0662. The molecule has 4 rings (SSSR count). The van der Waals surface area contributed by atoms with Crippen molar-refractivity contribution in [2.24, 2.45) is 0 Å². The lowest BCUT2D eigenvalue weighted by Crippen LogP contribution is -2.14. The van der Waals surface area contributed by atoms with Crippen LogP contribution in [0.2, 0.25) is 20.4 Å². The molecule has 0 aliphatic carbocycles. The highest BCUT2D eigenvalue weighted by Gasteiger charge is 2.20. The molecule has 0 unspecified atom stereocenters. The predicted molar refractivity (Wildman–Crippen MR) is 148 cm³/mol. The third-order valence-electron chi connectivity index (χ3n) is 4.69. The third kappa shape index (κ3) is 7.53. The second-order valence-electron chi connectivity index (χ2n) is 7.24. The van der Waals surface area contributed by atoms with E-state index in [1.165, 1.54) is 48.8 Å². The Bertz CT molecular complexity index is 1520. The maximum absolute atomic E-state index is 12.0. The maximum atomic E-state index is 12.0. The van der Waals surface area contributed by atoms with Gasteiger partial charge in [-0.25, -0.2) is 9.97 Å². The molecule has 2 aromatic heterocycles. The van der Waals surface area contributed by atoms with Gasteiger partial charge in [-0.15, -0.1) is 0 Å². The number of nitrogens with zero attached hydrogens (tertiary/aromatic N) is 3. The van der Waals surface area contributed by atoms with Crippen LogP contribution in [0.25, 0.3) is 0 Å². The van der Waals surface area contributed by atoms with Crippen molar-refractivity contribution in [1.82, 2.24) is 9.97 Å². The fourth-order valence-electron chi connectivity index (χ4n) is 2.91. The Morgan fingerprint density at radius 1 is 0.763 bits per heavy atom. The average Bonchev–Trinajstić information content (AvgIpc) is 2.88. The molecule has 2 heterocycles.